The van der Waals surface area contributed by atoms with Crippen molar-refractivity contribution in [3.8, 4) is 11.3 Å². The molecule has 0 aromatic carbocycles. The first kappa shape index (κ1) is 17.6. The summed E-state index contributed by atoms with van der Waals surface area (Å²) in [6.45, 7) is 0. The van der Waals surface area contributed by atoms with Crippen LogP contribution >= 0.6 is 0 Å². The Labute approximate surface area is 158 Å². The summed E-state index contributed by atoms with van der Waals surface area (Å²) in [6.07, 6.45) is 12.8. The van der Waals surface area contributed by atoms with E-state index in [1.807, 2.05) is 12.1 Å². The van der Waals surface area contributed by atoms with Gasteiger partial charge in [0.2, 0.25) is 5.91 Å². The number of nitrogens with one attached hydrogen (secondary N) is 1. The Morgan fingerprint density at radius 1 is 1.07 bits per heavy atom. The summed E-state index contributed by atoms with van der Waals surface area (Å²) in [5.41, 5.74) is 1.58. The third-order valence-corrected chi connectivity index (χ3v) is 5.55. The zero-order valence-corrected chi connectivity index (χ0v) is 15.3. The third kappa shape index (κ3) is 3.99. The molecule has 1 amide bonds. The lowest BCUT2D eigenvalue weighted by Gasteiger charge is -2.30. The first-order chi connectivity index (χ1) is 13.2. The van der Waals surface area contributed by atoms with Gasteiger partial charge < -0.3 is 5.32 Å². The van der Waals surface area contributed by atoms with Gasteiger partial charge in [0, 0.05) is 36.0 Å². The fourth-order valence-electron chi connectivity index (χ4n) is 3.97. The highest BCUT2D eigenvalue weighted by Gasteiger charge is 2.27. The van der Waals surface area contributed by atoms with E-state index in [4.69, 9.17) is 0 Å². The Balaban J connectivity index is 1.40. The second-order valence-corrected chi connectivity index (χ2v) is 7.40. The molecule has 2 aliphatic rings. The molecular weight excluding hydrogens is 340 g/mol. The summed E-state index contributed by atoms with van der Waals surface area (Å²) in [5.74, 6) is 0.264. The van der Waals surface area contributed by atoms with E-state index in [0.29, 0.717) is 0 Å². The van der Waals surface area contributed by atoms with E-state index in [9.17, 15) is 9.59 Å². The van der Waals surface area contributed by atoms with Gasteiger partial charge >= 0.3 is 0 Å². The molecule has 0 saturated heterocycles. The number of nitrogens with zero attached hydrogens (tertiary/aromatic N) is 3. The summed E-state index contributed by atoms with van der Waals surface area (Å²) < 4.78 is 1.61. The van der Waals surface area contributed by atoms with Gasteiger partial charge in [0.05, 0.1) is 11.7 Å². The molecule has 0 unspecified atom stereocenters. The number of carbonyl (C=O) groups is 1. The van der Waals surface area contributed by atoms with Gasteiger partial charge in [0.15, 0.2) is 0 Å². The highest BCUT2D eigenvalue weighted by atomic mass is 16.2. The Morgan fingerprint density at radius 2 is 1.85 bits per heavy atom. The van der Waals surface area contributed by atoms with Crippen molar-refractivity contribution >= 4 is 5.91 Å². The predicted octanol–water partition coefficient (Wildman–Crippen LogP) is 2.87. The number of allylic oxidation sites excluding steroid dienone is 2. The maximum atomic E-state index is 12.3. The molecule has 4 rings (SSSR count). The molecule has 2 aliphatic carbocycles. The molecular formula is C21H24N4O2. The van der Waals surface area contributed by atoms with Crippen LogP contribution in [0.3, 0.4) is 0 Å². The van der Waals surface area contributed by atoms with Gasteiger partial charge in [-0.25, -0.2) is 4.68 Å². The van der Waals surface area contributed by atoms with Gasteiger partial charge in [-0.2, -0.15) is 5.10 Å². The van der Waals surface area contributed by atoms with E-state index in [2.05, 4.69) is 27.6 Å². The number of pyridine rings is 1. The van der Waals surface area contributed by atoms with Gasteiger partial charge in [-0.15, -0.1) is 0 Å². The van der Waals surface area contributed by atoms with Crippen molar-refractivity contribution in [2.24, 2.45) is 5.92 Å². The van der Waals surface area contributed by atoms with Crippen molar-refractivity contribution in [3.63, 3.8) is 0 Å². The molecule has 0 spiro atoms. The van der Waals surface area contributed by atoms with Gasteiger partial charge in [-0.3, -0.25) is 14.6 Å². The van der Waals surface area contributed by atoms with Crippen molar-refractivity contribution < 1.29 is 4.79 Å². The number of hydrogen-bond donors (Lipinski definition) is 1. The van der Waals surface area contributed by atoms with E-state index in [1.54, 1.807) is 29.2 Å². The van der Waals surface area contributed by atoms with E-state index >= 15 is 0 Å². The summed E-state index contributed by atoms with van der Waals surface area (Å²) >= 11 is 0. The molecule has 1 fully saturated rings. The first-order valence-corrected chi connectivity index (χ1v) is 9.66. The molecule has 2 aromatic heterocycles. The average Bonchev–Trinajstić information content (AvgIpc) is 3.25. The Kier molecular flexibility index (Phi) is 5.14. The van der Waals surface area contributed by atoms with Crippen molar-refractivity contribution in [3.05, 3.63) is 59.2 Å². The summed E-state index contributed by atoms with van der Waals surface area (Å²) in [4.78, 5) is 28.8. The molecule has 6 heteroatoms. The summed E-state index contributed by atoms with van der Waals surface area (Å²) in [6, 6.07) is 7.41. The molecule has 0 aliphatic heterocycles. The van der Waals surface area contributed by atoms with Crippen molar-refractivity contribution in [1.82, 2.24) is 20.1 Å². The smallest absolute Gasteiger partial charge is 0.267 e. The molecule has 140 valence electrons. The maximum absolute atomic E-state index is 12.3. The van der Waals surface area contributed by atoms with Crippen LogP contribution in [0.1, 0.15) is 44.6 Å². The second-order valence-electron chi connectivity index (χ2n) is 7.40. The maximum Gasteiger partial charge on any atom is 0.267 e. The lowest BCUT2D eigenvalue weighted by Crippen LogP contribution is -2.41. The van der Waals surface area contributed by atoms with Crippen LogP contribution < -0.4 is 10.9 Å². The number of rotatable bonds is 4. The molecule has 0 atom stereocenters. The second kappa shape index (κ2) is 7.86. The van der Waals surface area contributed by atoms with E-state index < -0.39 is 0 Å². The number of aromatic nitrogens is 3. The molecule has 6 nitrogen and oxygen atoms in total. The van der Waals surface area contributed by atoms with Crippen LogP contribution in [0.5, 0.6) is 0 Å². The Hall–Kier alpha value is -2.76. The van der Waals surface area contributed by atoms with E-state index in [1.165, 1.54) is 0 Å². The summed E-state index contributed by atoms with van der Waals surface area (Å²) in [7, 11) is 0. The number of carbonyl (C=O) groups excluding carboxylic acids is 1. The fraction of sp³-hybridized carbons (Fsp3) is 0.429. The normalized spacial score (nSPS) is 22.7. The highest BCUT2D eigenvalue weighted by Crippen LogP contribution is 2.28. The lowest BCUT2D eigenvalue weighted by atomic mass is 9.90. The molecule has 1 N–H and O–H groups in total. The molecule has 27 heavy (non-hydrogen) atoms. The number of hydrogen-bond acceptors (Lipinski definition) is 4. The zero-order chi connectivity index (χ0) is 18.6. The molecule has 2 aromatic rings. The van der Waals surface area contributed by atoms with Crippen molar-refractivity contribution in [2.75, 3.05) is 0 Å². The number of amides is 1. The van der Waals surface area contributed by atoms with Gasteiger partial charge in [-0.1, -0.05) is 12.2 Å². The van der Waals surface area contributed by atoms with Crippen molar-refractivity contribution in [1.29, 1.82) is 0 Å². The summed E-state index contributed by atoms with van der Waals surface area (Å²) in [5, 5.41) is 7.77. The Morgan fingerprint density at radius 3 is 2.56 bits per heavy atom. The topological polar surface area (TPSA) is 76.9 Å². The van der Waals surface area contributed by atoms with Crippen LogP contribution in [0.25, 0.3) is 11.3 Å². The standard InChI is InChI=1S/C21H24N4O2/c26-20-12-11-19(16-6-3-13-22-14-16)24-25(20)18-9-7-17(8-10-18)23-21(27)15-4-1-2-5-15/h1-3,6,11-15,17-18H,4-5,7-10H2,(H,23,27). The largest absolute Gasteiger partial charge is 0.353 e. The van der Waals surface area contributed by atoms with Crippen LogP contribution in [-0.4, -0.2) is 26.7 Å². The first-order valence-electron chi connectivity index (χ1n) is 9.66. The quantitative estimate of drug-likeness (QED) is 0.847. The predicted molar refractivity (Wildman–Crippen MR) is 103 cm³/mol. The molecule has 0 radical (unpaired) electrons. The van der Waals surface area contributed by atoms with Crippen LogP contribution in [0.15, 0.2) is 53.6 Å². The monoisotopic (exact) mass is 364 g/mol. The third-order valence-electron chi connectivity index (χ3n) is 5.55. The van der Waals surface area contributed by atoms with Gasteiger partial charge in [0.1, 0.15) is 0 Å². The van der Waals surface area contributed by atoms with E-state index in [-0.39, 0.29) is 29.5 Å². The molecule has 2 heterocycles. The minimum atomic E-state index is -0.0767. The molecule has 1 saturated carbocycles. The fourth-order valence-corrected chi connectivity index (χ4v) is 3.97. The SMILES string of the molecule is O=C(NC1CCC(n2nc(-c3cccnc3)ccc2=O)CC1)C1CC=CC1. The minimum absolute atomic E-state index is 0.0767. The van der Waals surface area contributed by atoms with Crippen molar-refractivity contribution in [2.45, 2.75) is 50.6 Å². The van der Waals surface area contributed by atoms with E-state index in [0.717, 1.165) is 49.8 Å². The van der Waals surface area contributed by atoms with Crippen LogP contribution in [0.4, 0.5) is 0 Å². The zero-order valence-electron chi connectivity index (χ0n) is 15.3. The Bertz CT molecular complexity index is 875. The lowest BCUT2D eigenvalue weighted by molar-refractivity contribution is -0.125. The average molecular weight is 364 g/mol. The van der Waals surface area contributed by atoms with Crippen LogP contribution in [0.2, 0.25) is 0 Å². The highest BCUT2D eigenvalue weighted by molar-refractivity contribution is 5.79. The van der Waals surface area contributed by atoms with Crippen LogP contribution in [0, 0.1) is 5.92 Å². The van der Waals surface area contributed by atoms with Crippen LogP contribution in [-0.2, 0) is 4.79 Å². The minimum Gasteiger partial charge on any atom is -0.353 e. The van der Waals surface area contributed by atoms with Gasteiger partial charge in [0.25, 0.3) is 5.56 Å². The van der Waals surface area contributed by atoms with Gasteiger partial charge in [-0.05, 0) is 56.7 Å². The molecule has 0 bridgehead atoms.